The van der Waals surface area contributed by atoms with E-state index in [9.17, 15) is 4.79 Å². The molecule has 0 amide bonds. The Kier molecular flexibility index (Phi) is 2.90. The molecule has 0 radical (unpaired) electrons. The Balaban J connectivity index is 2.20. The highest BCUT2D eigenvalue weighted by molar-refractivity contribution is 5.89. The van der Waals surface area contributed by atoms with Crippen molar-refractivity contribution >= 4 is 5.97 Å². The third-order valence-corrected chi connectivity index (χ3v) is 2.00. The maximum absolute atomic E-state index is 11.4. The standard InChI is InChI=1S/C10H10N4O2/c1-2-16-10(15)8-5-3-7(4-6-8)9-11-13-14-12-9/h3-6H,2H2,1H3,(H,11,12,13,14). The van der Waals surface area contributed by atoms with Crippen LogP contribution in [0.3, 0.4) is 0 Å². The lowest BCUT2D eigenvalue weighted by Crippen LogP contribution is -2.04. The van der Waals surface area contributed by atoms with Crippen LogP contribution < -0.4 is 0 Å². The van der Waals surface area contributed by atoms with E-state index >= 15 is 0 Å². The molecule has 0 atom stereocenters. The lowest BCUT2D eigenvalue weighted by Gasteiger charge is -2.01. The van der Waals surface area contributed by atoms with Crippen LogP contribution in [0.4, 0.5) is 0 Å². The van der Waals surface area contributed by atoms with E-state index < -0.39 is 0 Å². The van der Waals surface area contributed by atoms with Crippen LogP contribution in [0.1, 0.15) is 17.3 Å². The summed E-state index contributed by atoms with van der Waals surface area (Å²) in [6.07, 6.45) is 0. The Bertz CT molecular complexity index is 464. The maximum atomic E-state index is 11.4. The van der Waals surface area contributed by atoms with Crippen molar-refractivity contribution in [1.29, 1.82) is 0 Å². The van der Waals surface area contributed by atoms with Gasteiger partial charge in [0.2, 0.25) is 5.82 Å². The monoisotopic (exact) mass is 218 g/mol. The van der Waals surface area contributed by atoms with Crippen LogP contribution in [-0.4, -0.2) is 33.2 Å². The maximum Gasteiger partial charge on any atom is 0.338 e. The highest BCUT2D eigenvalue weighted by Crippen LogP contribution is 2.14. The van der Waals surface area contributed by atoms with Crippen LogP contribution in [0.25, 0.3) is 11.4 Å². The molecule has 6 nitrogen and oxygen atoms in total. The van der Waals surface area contributed by atoms with E-state index in [1.807, 2.05) is 0 Å². The predicted octanol–water partition coefficient (Wildman–Crippen LogP) is 1.04. The lowest BCUT2D eigenvalue weighted by atomic mass is 10.1. The van der Waals surface area contributed by atoms with Gasteiger partial charge in [-0.05, 0) is 24.3 Å². The van der Waals surface area contributed by atoms with Gasteiger partial charge in [0, 0.05) is 5.56 Å². The minimum atomic E-state index is -0.331. The first kappa shape index (κ1) is 10.3. The molecule has 0 aliphatic carbocycles. The quantitative estimate of drug-likeness (QED) is 0.778. The molecule has 2 rings (SSSR count). The molecule has 2 aromatic rings. The number of hydrogen-bond donors (Lipinski definition) is 1. The number of benzene rings is 1. The van der Waals surface area contributed by atoms with Gasteiger partial charge in [-0.15, -0.1) is 10.2 Å². The molecule has 0 unspecified atom stereocenters. The molecule has 0 bridgehead atoms. The molecule has 6 heteroatoms. The second kappa shape index (κ2) is 4.52. The highest BCUT2D eigenvalue weighted by atomic mass is 16.5. The molecule has 0 saturated carbocycles. The zero-order valence-corrected chi connectivity index (χ0v) is 8.67. The molecule has 0 spiro atoms. The van der Waals surface area contributed by atoms with Crippen molar-refractivity contribution < 1.29 is 9.53 Å². The van der Waals surface area contributed by atoms with Crippen LogP contribution >= 0.6 is 0 Å². The molecule has 1 aromatic carbocycles. The molecular formula is C10H10N4O2. The normalized spacial score (nSPS) is 10.1. The van der Waals surface area contributed by atoms with E-state index in [-0.39, 0.29) is 5.97 Å². The molecular weight excluding hydrogens is 208 g/mol. The summed E-state index contributed by atoms with van der Waals surface area (Å²) in [6.45, 7) is 2.14. The van der Waals surface area contributed by atoms with Gasteiger partial charge in [0.1, 0.15) is 0 Å². The zero-order valence-electron chi connectivity index (χ0n) is 8.67. The second-order valence-corrected chi connectivity index (χ2v) is 3.03. The van der Waals surface area contributed by atoms with Crippen molar-refractivity contribution in [3.05, 3.63) is 29.8 Å². The first-order valence-electron chi connectivity index (χ1n) is 4.82. The molecule has 1 heterocycles. The molecule has 0 aliphatic rings. The number of hydrogen-bond acceptors (Lipinski definition) is 5. The number of carbonyl (C=O) groups is 1. The average Bonchev–Trinajstić information content (AvgIpc) is 2.83. The fraction of sp³-hybridized carbons (Fsp3) is 0.200. The van der Waals surface area contributed by atoms with Crippen molar-refractivity contribution in [1.82, 2.24) is 20.6 Å². The van der Waals surface area contributed by atoms with Crippen molar-refractivity contribution in [2.75, 3.05) is 6.61 Å². The third kappa shape index (κ3) is 2.05. The minimum Gasteiger partial charge on any atom is -0.462 e. The number of ether oxygens (including phenoxy) is 1. The fourth-order valence-corrected chi connectivity index (χ4v) is 1.25. The molecule has 0 saturated heterocycles. The number of aromatic nitrogens is 4. The molecule has 82 valence electrons. The Hall–Kier alpha value is -2.24. The Morgan fingerprint density at radius 2 is 2.12 bits per heavy atom. The van der Waals surface area contributed by atoms with Crippen LogP contribution in [0.15, 0.2) is 24.3 Å². The summed E-state index contributed by atoms with van der Waals surface area (Å²) < 4.78 is 4.87. The molecule has 0 aliphatic heterocycles. The van der Waals surface area contributed by atoms with Crippen molar-refractivity contribution in [2.45, 2.75) is 6.92 Å². The van der Waals surface area contributed by atoms with Crippen LogP contribution in [0, 0.1) is 0 Å². The Morgan fingerprint density at radius 1 is 1.38 bits per heavy atom. The van der Waals surface area contributed by atoms with Gasteiger partial charge in [0.25, 0.3) is 0 Å². The first-order valence-corrected chi connectivity index (χ1v) is 4.82. The van der Waals surface area contributed by atoms with Gasteiger partial charge in [-0.1, -0.05) is 12.1 Å². The Morgan fingerprint density at radius 3 is 2.69 bits per heavy atom. The summed E-state index contributed by atoms with van der Waals surface area (Å²) in [5.41, 5.74) is 1.30. The third-order valence-electron chi connectivity index (χ3n) is 2.00. The largest absolute Gasteiger partial charge is 0.462 e. The number of aromatic amines is 1. The number of tetrazole rings is 1. The number of esters is 1. The van der Waals surface area contributed by atoms with E-state index in [0.717, 1.165) is 5.56 Å². The number of H-pyrrole nitrogens is 1. The second-order valence-electron chi connectivity index (χ2n) is 3.03. The van der Waals surface area contributed by atoms with Crippen molar-refractivity contribution in [2.24, 2.45) is 0 Å². The average molecular weight is 218 g/mol. The van der Waals surface area contributed by atoms with Gasteiger partial charge in [0.15, 0.2) is 0 Å². The van der Waals surface area contributed by atoms with Gasteiger partial charge in [0.05, 0.1) is 12.2 Å². The van der Waals surface area contributed by atoms with Crippen molar-refractivity contribution in [3.63, 3.8) is 0 Å². The SMILES string of the molecule is CCOC(=O)c1ccc(-c2nn[nH]n2)cc1. The molecule has 16 heavy (non-hydrogen) atoms. The number of nitrogens with zero attached hydrogens (tertiary/aromatic N) is 3. The van der Waals surface area contributed by atoms with Gasteiger partial charge in [-0.3, -0.25) is 0 Å². The van der Waals surface area contributed by atoms with Crippen LogP contribution in [0.2, 0.25) is 0 Å². The molecule has 1 N–H and O–H groups in total. The first-order chi connectivity index (χ1) is 7.81. The van der Waals surface area contributed by atoms with E-state index in [1.54, 1.807) is 31.2 Å². The predicted molar refractivity (Wildman–Crippen MR) is 55.6 cm³/mol. The number of nitrogens with one attached hydrogen (secondary N) is 1. The number of carbonyl (C=O) groups excluding carboxylic acids is 1. The minimum absolute atomic E-state index is 0.331. The molecule has 1 aromatic heterocycles. The molecule has 0 fully saturated rings. The topological polar surface area (TPSA) is 80.8 Å². The summed E-state index contributed by atoms with van der Waals surface area (Å²) >= 11 is 0. The summed E-state index contributed by atoms with van der Waals surface area (Å²) in [4.78, 5) is 11.4. The smallest absolute Gasteiger partial charge is 0.338 e. The zero-order chi connectivity index (χ0) is 11.4. The van der Waals surface area contributed by atoms with Gasteiger partial charge >= 0.3 is 5.97 Å². The van der Waals surface area contributed by atoms with Gasteiger partial charge in [-0.2, -0.15) is 5.21 Å². The van der Waals surface area contributed by atoms with E-state index in [4.69, 9.17) is 4.74 Å². The lowest BCUT2D eigenvalue weighted by molar-refractivity contribution is 0.0526. The number of rotatable bonds is 3. The summed E-state index contributed by atoms with van der Waals surface area (Å²) in [5.74, 6) is 0.164. The summed E-state index contributed by atoms with van der Waals surface area (Å²) in [6, 6.07) is 6.83. The summed E-state index contributed by atoms with van der Waals surface area (Å²) in [5, 5.41) is 13.5. The van der Waals surface area contributed by atoms with Gasteiger partial charge in [-0.25, -0.2) is 4.79 Å². The van der Waals surface area contributed by atoms with E-state index in [0.29, 0.717) is 18.0 Å². The van der Waals surface area contributed by atoms with Crippen LogP contribution in [0.5, 0.6) is 0 Å². The van der Waals surface area contributed by atoms with E-state index in [2.05, 4.69) is 20.6 Å². The fourth-order valence-electron chi connectivity index (χ4n) is 1.25. The van der Waals surface area contributed by atoms with Crippen LogP contribution in [-0.2, 0) is 4.74 Å². The summed E-state index contributed by atoms with van der Waals surface area (Å²) in [7, 11) is 0. The van der Waals surface area contributed by atoms with E-state index in [1.165, 1.54) is 0 Å². The highest BCUT2D eigenvalue weighted by Gasteiger charge is 2.07. The Labute approximate surface area is 91.6 Å². The van der Waals surface area contributed by atoms with Crippen molar-refractivity contribution in [3.8, 4) is 11.4 Å². The van der Waals surface area contributed by atoms with Gasteiger partial charge < -0.3 is 4.74 Å².